The van der Waals surface area contributed by atoms with E-state index < -0.39 is 28.0 Å². The summed E-state index contributed by atoms with van der Waals surface area (Å²) in [7, 11) is -2.09. The van der Waals surface area contributed by atoms with Gasteiger partial charge >= 0.3 is 5.97 Å². The van der Waals surface area contributed by atoms with E-state index in [2.05, 4.69) is 4.72 Å². The number of fused-ring (bicyclic) bond motifs is 1. The monoisotopic (exact) mass is 524 g/mol. The van der Waals surface area contributed by atoms with Crippen LogP contribution in [0.25, 0.3) is 0 Å². The van der Waals surface area contributed by atoms with Gasteiger partial charge in [0.15, 0.2) is 12.4 Å². The SMILES string of the molecule is CN1C(=CC(=O)COC(=O)c2ccccc2NS(=O)(=O)c2ccc(Cl)cc2)C(C)(C)c2ccccc21. The minimum Gasteiger partial charge on any atom is -0.454 e. The smallest absolute Gasteiger partial charge is 0.340 e. The van der Waals surface area contributed by atoms with Crippen LogP contribution in [-0.2, 0) is 25.0 Å². The number of ether oxygens (including phenoxy) is 1. The molecule has 0 unspecified atom stereocenters. The number of sulfonamides is 1. The molecule has 3 aromatic carbocycles. The van der Waals surface area contributed by atoms with E-state index in [0.29, 0.717) is 5.02 Å². The van der Waals surface area contributed by atoms with Crippen molar-refractivity contribution >= 4 is 44.8 Å². The summed E-state index contributed by atoms with van der Waals surface area (Å²) in [5, 5.41) is 0.397. The van der Waals surface area contributed by atoms with Crippen LogP contribution in [0.15, 0.2) is 89.5 Å². The van der Waals surface area contributed by atoms with Gasteiger partial charge in [0.1, 0.15) is 0 Å². The van der Waals surface area contributed by atoms with E-state index >= 15 is 0 Å². The summed E-state index contributed by atoms with van der Waals surface area (Å²) in [5.74, 6) is -1.20. The highest BCUT2D eigenvalue weighted by molar-refractivity contribution is 7.92. The first-order valence-electron chi connectivity index (χ1n) is 11.1. The summed E-state index contributed by atoms with van der Waals surface area (Å²) in [6, 6.07) is 19.6. The molecule has 36 heavy (non-hydrogen) atoms. The van der Waals surface area contributed by atoms with Crippen LogP contribution in [0.5, 0.6) is 0 Å². The van der Waals surface area contributed by atoms with E-state index in [1.165, 1.54) is 42.5 Å². The molecule has 7 nitrogen and oxygen atoms in total. The number of nitrogens with one attached hydrogen (secondary N) is 1. The van der Waals surface area contributed by atoms with E-state index in [1.807, 2.05) is 50.1 Å². The van der Waals surface area contributed by atoms with E-state index in [4.69, 9.17) is 16.3 Å². The molecule has 0 amide bonds. The Hall–Kier alpha value is -3.62. The number of esters is 1. The predicted octanol–water partition coefficient (Wildman–Crippen LogP) is 5.18. The van der Waals surface area contributed by atoms with Gasteiger partial charge < -0.3 is 9.64 Å². The molecule has 0 bridgehead atoms. The number of anilines is 2. The van der Waals surface area contributed by atoms with Crippen molar-refractivity contribution in [2.45, 2.75) is 24.2 Å². The van der Waals surface area contributed by atoms with Crippen LogP contribution in [-0.4, -0.2) is 33.8 Å². The van der Waals surface area contributed by atoms with Crippen molar-refractivity contribution in [3.8, 4) is 0 Å². The van der Waals surface area contributed by atoms with Gasteiger partial charge in [-0.05, 0) is 48.0 Å². The van der Waals surface area contributed by atoms with Gasteiger partial charge in [0.2, 0.25) is 0 Å². The molecule has 1 heterocycles. The van der Waals surface area contributed by atoms with Crippen molar-refractivity contribution in [2.75, 3.05) is 23.3 Å². The molecule has 0 atom stereocenters. The van der Waals surface area contributed by atoms with Crippen LogP contribution in [0, 0.1) is 0 Å². The highest BCUT2D eigenvalue weighted by Crippen LogP contribution is 2.46. The molecule has 0 fully saturated rings. The number of allylic oxidation sites excluding steroid dienone is 1. The molecule has 1 aliphatic rings. The molecular formula is C27H25ClN2O5S. The van der Waals surface area contributed by atoms with Crippen molar-refractivity contribution in [3.63, 3.8) is 0 Å². The van der Waals surface area contributed by atoms with Gasteiger partial charge in [-0.2, -0.15) is 0 Å². The van der Waals surface area contributed by atoms with Crippen LogP contribution < -0.4 is 9.62 Å². The molecule has 1 aliphatic heterocycles. The summed E-state index contributed by atoms with van der Waals surface area (Å²) in [6.45, 7) is 3.58. The largest absolute Gasteiger partial charge is 0.454 e. The highest BCUT2D eigenvalue weighted by atomic mass is 35.5. The van der Waals surface area contributed by atoms with Gasteiger partial charge in [-0.3, -0.25) is 9.52 Å². The summed E-state index contributed by atoms with van der Waals surface area (Å²) >= 11 is 5.84. The summed E-state index contributed by atoms with van der Waals surface area (Å²) in [5.41, 5.74) is 2.54. The second-order valence-electron chi connectivity index (χ2n) is 8.88. The molecular weight excluding hydrogens is 500 g/mol. The number of nitrogens with zero attached hydrogens (tertiary/aromatic N) is 1. The quantitative estimate of drug-likeness (QED) is 0.338. The van der Waals surface area contributed by atoms with Crippen LogP contribution in [0.4, 0.5) is 11.4 Å². The Morgan fingerprint density at radius 1 is 1.00 bits per heavy atom. The van der Waals surface area contributed by atoms with Crippen LogP contribution in [0.2, 0.25) is 5.02 Å². The summed E-state index contributed by atoms with van der Waals surface area (Å²) in [4.78, 5) is 27.5. The Bertz CT molecular complexity index is 1460. The highest BCUT2D eigenvalue weighted by Gasteiger charge is 2.38. The number of hydrogen-bond acceptors (Lipinski definition) is 6. The van der Waals surface area contributed by atoms with Crippen LogP contribution in [0.1, 0.15) is 29.8 Å². The fourth-order valence-electron chi connectivity index (χ4n) is 4.24. The van der Waals surface area contributed by atoms with Crippen molar-refractivity contribution < 1.29 is 22.7 Å². The molecule has 3 aromatic rings. The zero-order chi connectivity index (χ0) is 26.1. The minimum absolute atomic E-state index is 0.0128. The maximum absolute atomic E-state index is 12.8. The van der Waals surface area contributed by atoms with Gasteiger partial charge in [-0.1, -0.05) is 55.8 Å². The number of likely N-dealkylation sites (N-methyl/N-ethyl adjacent to an activating group) is 1. The van der Waals surface area contributed by atoms with Gasteiger partial charge in [0, 0.05) is 34.9 Å². The van der Waals surface area contributed by atoms with Crippen LogP contribution in [0.3, 0.4) is 0 Å². The Kier molecular flexibility index (Phi) is 6.93. The maximum atomic E-state index is 12.8. The molecule has 0 aliphatic carbocycles. The van der Waals surface area contributed by atoms with E-state index in [9.17, 15) is 18.0 Å². The lowest BCUT2D eigenvalue weighted by Crippen LogP contribution is -2.25. The fourth-order valence-corrected chi connectivity index (χ4v) is 5.44. The molecule has 4 rings (SSSR count). The third-order valence-corrected chi connectivity index (χ3v) is 7.73. The van der Waals surface area contributed by atoms with Crippen molar-refractivity contribution in [1.82, 2.24) is 0 Å². The Morgan fingerprint density at radius 3 is 2.33 bits per heavy atom. The van der Waals surface area contributed by atoms with Gasteiger partial charge in [0.05, 0.1) is 16.1 Å². The Morgan fingerprint density at radius 2 is 1.64 bits per heavy atom. The first kappa shape index (κ1) is 25.5. The molecule has 9 heteroatoms. The summed E-state index contributed by atoms with van der Waals surface area (Å²) in [6.07, 6.45) is 1.49. The number of benzene rings is 3. The Balaban J connectivity index is 1.48. The first-order chi connectivity index (χ1) is 17.0. The number of halogens is 1. The first-order valence-corrected chi connectivity index (χ1v) is 13.0. The second kappa shape index (κ2) is 9.79. The number of hydrogen-bond donors (Lipinski definition) is 1. The number of rotatable bonds is 7. The predicted molar refractivity (Wildman–Crippen MR) is 140 cm³/mol. The number of carbonyl (C=O) groups excluding carboxylic acids is 2. The van der Waals surface area contributed by atoms with Gasteiger partial charge in [-0.25, -0.2) is 13.2 Å². The number of carbonyl (C=O) groups is 2. The normalized spacial score (nSPS) is 15.4. The average Bonchev–Trinajstić information content (AvgIpc) is 3.03. The third kappa shape index (κ3) is 5.01. The molecule has 0 radical (unpaired) electrons. The number of ketones is 1. The Labute approximate surface area is 215 Å². The van der Waals surface area contributed by atoms with E-state index in [1.54, 1.807) is 12.1 Å². The molecule has 0 saturated heterocycles. The third-order valence-electron chi connectivity index (χ3n) is 6.10. The van der Waals surface area contributed by atoms with Gasteiger partial charge in [-0.15, -0.1) is 0 Å². The summed E-state index contributed by atoms with van der Waals surface area (Å²) < 4.78 is 33.2. The lowest BCUT2D eigenvalue weighted by Gasteiger charge is -2.23. The average molecular weight is 525 g/mol. The molecule has 0 saturated carbocycles. The zero-order valence-corrected chi connectivity index (χ0v) is 21.6. The second-order valence-corrected chi connectivity index (χ2v) is 11.0. The maximum Gasteiger partial charge on any atom is 0.340 e. The molecule has 186 valence electrons. The van der Waals surface area contributed by atoms with Crippen LogP contribution >= 0.6 is 11.6 Å². The molecule has 0 spiro atoms. The lowest BCUT2D eigenvalue weighted by molar-refractivity contribution is -0.117. The minimum atomic E-state index is -3.98. The lowest BCUT2D eigenvalue weighted by atomic mass is 9.83. The van der Waals surface area contributed by atoms with Crippen molar-refractivity contribution in [1.29, 1.82) is 0 Å². The van der Waals surface area contributed by atoms with E-state index in [-0.39, 0.29) is 21.9 Å². The topological polar surface area (TPSA) is 92.8 Å². The van der Waals surface area contributed by atoms with Crippen molar-refractivity contribution in [2.24, 2.45) is 0 Å². The van der Waals surface area contributed by atoms with Gasteiger partial charge in [0.25, 0.3) is 10.0 Å². The zero-order valence-electron chi connectivity index (χ0n) is 20.0. The molecule has 0 aromatic heterocycles. The van der Waals surface area contributed by atoms with Crippen molar-refractivity contribution in [3.05, 3.63) is 101 Å². The van der Waals surface area contributed by atoms with E-state index in [0.717, 1.165) is 16.9 Å². The standard InChI is InChI=1S/C27H25ClN2O5S/c1-27(2)22-9-5-7-11-24(22)30(3)25(27)16-19(31)17-35-26(32)21-8-4-6-10-23(21)29-36(33,34)20-14-12-18(28)13-15-20/h4-16,29H,17H2,1-3H3. The fraction of sp³-hybridized carbons (Fsp3) is 0.185. The number of para-hydroxylation sites is 2. The molecule has 1 N–H and O–H groups in total.